The molecule has 2 N–H and O–H groups in total. The Kier molecular flexibility index (Phi) is 3.80. The van der Waals surface area contributed by atoms with E-state index >= 15 is 0 Å². The molecule has 1 aromatic heterocycles. The number of anilines is 1. The van der Waals surface area contributed by atoms with Crippen molar-refractivity contribution in [2.75, 3.05) is 18.8 Å². The predicted molar refractivity (Wildman–Crippen MR) is 72.0 cm³/mol. The molecule has 0 aromatic carbocycles. The van der Waals surface area contributed by atoms with Crippen LogP contribution in [0.15, 0.2) is 12.3 Å². The largest absolute Gasteiger partial charge is 0.382 e. The molecule has 0 saturated carbocycles. The second kappa shape index (κ2) is 5.21. The van der Waals surface area contributed by atoms with Gasteiger partial charge in [0.05, 0.1) is 11.5 Å². The maximum absolute atomic E-state index is 11.8. The van der Waals surface area contributed by atoms with Crippen molar-refractivity contribution in [2.45, 2.75) is 39.7 Å². The van der Waals surface area contributed by atoms with E-state index in [0.29, 0.717) is 11.9 Å². The molecule has 0 radical (unpaired) electrons. The van der Waals surface area contributed by atoms with Gasteiger partial charge in [0.1, 0.15) is 5.82 Å². The van der Waals surface area contributed by atoms with Crippen LogP contribution in [0.4, 0.5) is 5.82 Å². The molecule has 0 bridgehead atoms. The van der Waals surface area contributed by atoms with E-state index < -0.39 is 5.41 Å². The summed E-state index contributed by atoms with van der Waals surface area (Å²) in [5.74, 6) is 0.357. The first-order valence-corrected chi connectivity index (χ1v) is 6.64. The first-order chi connectivity index (χ1) is 8.86. The third-order valence-electron chi connectivity index (χ3n) is 3.25. The van der Waals surface area contributed by atoms with Gasteiger partial charge in [-0.25, -0.2) is 4.79 Å². The number of carbonyl (C=O) groups is 1. The Labute approximate surface area is 113 Å². The number of carbonyl (C=O) groups excluding carboxylic acids is 1. The highest BCUT2D eigenvalue weighted by Gasteiger charge is 2.28. The molecule has 1 aliphatic rings. The smallest absolute Gasteiger partial charge is 0.330 e. The lowest BCUT2D eigenvalue weighted by Crippen LogP contribution is -2.39. The first kappa shape index (κ1) is 13.9. The molecular weight excluding hydrogens is 244 g/mol. The second-order valence-corrected chi connectivity index (χ2v) is 6.01. The zero-order valence-corrected chi connectivity index (χ0v) is 11.8. The lowest BCUT2D eigenvalue weighted by molar-refractivity contribution is -0.205. The van der Waals surface area contributed by atoms with E-state index in [1.54, 1.807) is 11.1 Å². The molecule has 1 aromatic rings. The molecule has 1 fully saturated rings. The topological polar surface area (TPSA) is 73.4 Å². The first-order valence-electron chi connectivity index (χ1n) is 6.64. The highest BCUT2D eigenvalue weighted by molar-refractivity contribution is 5.75. The van der Waals surface area contributed by atoms with Crippen molar-refractivity contribution in [3.8, 4) is 0 Å². The van der Waals surface area contributed by atoms with Gasteiger partial charge >= 0.3 is 5.97 Å². The fraction of sp³-hybridized carbons (Fsp3) is 0.692. The van der Waals surface area contributed by atoms with Crippen LogP contribution in [0.5, 0.6) is 0 Å². The molecule has 2 heterocycles. The zero-order valence-electron chi connectivity index (χ0n) is 11.8. The zero-order chi connectivity index (χ0) is 14.0. The minimum atomic E-state index is -0.465. The monoisotopic (exact) mass is 266 g/mol. The van der Waals surface area contributed by atoms with Crippen LogP contribution in [-0.4, -0.2) is 33.9 Å². The average Bonchev–Trinajstić information content (AvgIpc) is 2.75. The van der Waals surface area contributed by atoms with Crippen LogP contribution in [0.3, 0.4) is 0 Å². The van der Waals surface area contributed by atoms with Gasteiger partial charge in [0, 0.05) is 19.3 Å². The summed E-state index contributed by atoms with van der Waals surface area (Å²) in [5.41, 5.74) is 5.15. The number of hydroxylamine groups is 2. The predicted octanol–water partition coefficient (Wildman–Crippen LogP) is 1.61. The number of rotatable bonds is 2. The summed E-state index contributed by atoms with van der Waals surface area (Å²) in [7, 11) is 0. The molecule has 1 aliphatic heterocycles. The Morgan fingerprint density at radius 3 is 2.53 bits per heavy atom. The highest BCUT2D eigenvalue weighted by atomic mass is 16.7. The van der Waals surface area contributed by atoms with Crippen molar-refractivity contribution in [2.24, 2.45) is 5.41 Å². The summed E-state index contributed by atoms with van der Waals surface area (Å²) >= 11 is 0. The third-order valence-corrected chi connectivity index (χ3v) is 3.25. The Balaban J connectivity index is 1.84. The quantitative estimate of drug-likeness (QED) is 0.880. The summed E-state index contributed by atoms with van der Waals surface area (Å²) in [5, 5.41) is 5.97. The molecule has 0 amide bonds. The molecule has 19 heavy (non-hydrogen) atoms. The van der Waals surface area contributed by atoms with Gasteiger partial charge in [0.2, 0.25) is 0 Å². The molecule has 0 atom stereocenters. The summed E-state index contributed by atoms with van der Waals surface area (Å²) in [6, 6.07) is 2.13. The second-order valence-electron chi connectivity index (χ2n) is 6.01. The van der Waals surface area contributed by atoms with Gasteiger partial charge in [0.25, 0.3) is 0 Å². The lowest BCUT2D eigenvalue weighted by atomic mass is 9.98. The molecule has 0 unspecified atom stereocenters. The minimum Gasteiger partial charge on any atom is -0.382 e. The number of nitrogen functional groups attached to an aromatic ring is 1. The molecular formula is C13H22N4O2. The lowest BCUT2D eigenvalue weighted by Gasteiger charge is -2.32. The van der Waals surface area contributed by atoms with E-state index in [0.717, 1.165) is 25.9 Å². The van der Waals surface area contributed by atoms with Crippen molar-refractivity contribution >= 4 is 11.8 Å². The number of hydrogen-bond donors (Lipinski definition) is 1. The molecule has 0 spiro atoms. The Bertz CT molecular complexity index is 442. The number of piperidine rings is 1. The maximum atomic E-state index is 11.8. The molecule has 0 aliphatic carbocycles. The van der Waals surface area contributed by atoms with Gasteiger partial charge in [-0.05, 0) is 39.7 Å². The SMILES string of the molecule is CC(C)(C)C(=O)ON1CCC(n2ccc(N)n2)CC1. The number of hydrogen-bond acceptors (Lipinski definition) is 5. The molecule has 6 heteroatoms. The van der Waals surface area contributed by atoms with E-state index in [1.165, 1.54) is 0 Å². The van der Waals surface area contributed by atoms with E-state index in [4.69, 9.17) is 10.6 Å². The summed E-state index contributed by atoms with van der Waals surface area (Å²) in [4.78, 5) is 17.2. The third kappa shape index (κ3) is 3.47. The summed E-state index contributed by atoms with van der Waals surface area (Å²) in [6.07, 6.45) is 3.70. The Morgan fingerprint density at radius 2 is 2.05 bits per heavy atom. The molecule has 1 saturated heterocycles. The van der Waals surface area contributed by atoms with E-state index in [9.17, 15) is 4.79 Å². The standard InChI is InChI=1S/C13H22N4O2/c1-13(2,3)12(18)19-16-7-4-10(5-8-16)17-9-6-11(14)15-17/h6,9-10H,4-5,7-8H2,1-3H3,(H2,14,15). The van der Waals surface area contributed by atoms with Crippen LogP contribution in [0.25, 0.3) is 0 Å². The number of nitrogens with two attached hydrogens (primary N) is 1. The van der Waals surface area contributed by atoms with Crippen molar-refractivity contribution in [1.29, 1.82) is 0 Å². The van der Waals surface area contributed by atoms with Gasteiger partial charge in [-0.1, -0.05) is 0 Å². The van der Waals surface area contributed by atoms with Crippen molar-refractivity contribution in [1.82, 2.24) is 14.8 Å². The van der Waals surface area contributed by atoms with E-state index in [1.807, 2.05) is 31.6 Å². The van der Waals surface area contributed by atoms with Crippen LogP contribution in [0, 0.1) is 5.41 Å². The fourth-order valence-corrected chi connectivity index (χ4v) is 2.01. The van der Waals surface area contributed by atoms with Crippen molar-refractivity contribution in [3.63, 3.8) is 0 Å². The van der Waals surface area contributed by atoms with Gasteiger partial charge in [-0.15, -0.1) is 5.06 Å². The normalized spacial score (nSPS) is 18.5. The maximum Gasteiger partial charge on any atom is 0.330 e. The average molecular weight is 266 g/mol. The van der Waals surface area contributed by atoms with E-state index in [-0.39, 0.29) is 5.97 Å². The Morgan fingerprint density at radius 1 is 1.42 bits per heavy atom. The fourth-order valence-electron chi connectivity index (χ4n) is 2.01. The molecule has 2 rings (SSSR count). The summed E-state index contributed by atoms with van der Waals surface area (Å²) < 4.78 is 1.90. The van der Waals surface area contributed by atoms with Crippen LogP contribution < -0.4 is 5.73 Å². The van der Waals surface area contributed by atoms with Crippen molar-refractivity contribution < 1.29 is 9.63 Å². The van der Waals surface area contributed by atoms with Gasteiger partial charge in [-0.2, -0.15) is 5.10 Å². The van der Waals surface area contributed by atoms with Gasteiger partial charge in [-0.3, -0.25) is 4.68 Å². The minimum absolute atomic E-state index is 0.186. The number of nitrogens with zero attached hydrogens (tertiary/aromatic N) is 3. The van der Waals surface area contributed by atoms with Crippen LogP contribution in [-0.2, 0) is 9.63 Å². The van der Waals surface area contributed by atoms with E-state index in [2.05, 4.69) is 5.10 Å². The van der Waals surface area contributed by atoms with Gasteiger partial charge in [0.15, 0.2) is 0 Å². The van der Waals surface area contributed by atoms with Crippen molar-refractivity contribution in [3.05, 3.63) is 12.3 Å². The van der Waals surface area contributed by atoms with Crippen LogP contribution in [0.1, 0.15) is 39.7 Å². The summed E-state index contributed by atoms with van der Waals surface area (Å²) in [6.45, 7) is 7.02. The molecule has 106 valence electrons. The highest BCUT2D eigenvalue weighted by Crippen LogP contribution is 2.24. The van der Waals surface area contributed by atoms with Crippen LogP contribution in [0.2, 0.25) is 0 Å². The Hall–Kier alpha value is -1.56. The number of aromatic nitrogens is 2. The van der Waals surface area contributed by atoms with Gasteiger partial charge < -0.3 is 10.6 Å². The van der Waals surface area contributed by atoms with Crippen LogP contribution >= 0.6 is 0 Å². The molecule has 6 nitrogen and oxygen atoms in total.